The van der Waals surface area contributed by atoms with Gasteiger partial charge in [0, 0.05) is 12.8 Å². The Bertz CT molecular complexity index is 1100. The van der Waals surface area contributed by atoms with E-state index in [9.17, 15) is 18.0 Å². The molecule has 4 rings (SSSR count). The lowest BCUT2D eigenvalue weighted by molar-refractivity contribution is -0.133. The van der Waals surface area contributed by atoms with Crippen LogP contribution in [-0.4, -0.2) is 48.5 Å². The van der Waals surface area contributed by atoms with Crippen molar-refractivity contribution in [1.82, 2.24) is 10.3 Å². The van der Waals surface area contributed by atoms with Crippen LogP contribution in [0.4, 0.5) is 0 Å². The van der Waals surface area contributed by atoms with Crippen LogP contribution >= 0.6 is 0 Å². The Labute approximate surface area is 188 Å². The van der Waals surface area contributed by atoms with Crippen molar-refractivity contribution in [2.24, 2.45) is 5.10 Å². The number of carbonyl (C=O) groups is 2. The van der Waals surface area contributed by atoms with E-state index in [1.54, 1.807) is 0 Å². The van der Waals surface area contributed by atoms with Crippen molar-refractivity contribution >= 4 is 27.4 Å². The van der Waals surface area contributed by atoms with Gasteiger partial charge in [-0.3, -0.25) is 9.59 Å². The molecule has 8 heteroatoms. The first-order chi connectivity index (χ1) is 15.4. The Morgan fingerprint density at radius 1 is 1.06 bits per heavy atom. The first kappa shape index (κ1) is 22.2. The second-order valence-corrected chi connectivity index (χ2v) is 10.5. The minimum absolute atomic E-state index is 0.0497. The molecule has 32 heavy (non-hydrogen) atoms. The molecule has 0 saturated carbocycles. The molecule has 2 aromatic rings. The molecular formula is C24H27N3O4S. The van der Waals surface area contributed by atoms with E-state index < -0.39 is 15.9 Å². The highest BCUT2D eigenvalue weighted by atomic mass is 32.2. The fourth-order valence-corrected chi connectivity index (χ4v) is 5.88. The van der Waals surface area contributed by atoms with Crippen LogP contribution in [0.5, 0.6) is 0 Å². The molecule has 0 spiro atoms. The van der Waals surface area contributed by atoms with Gasteiger partial charge in [-0.15, -0.1) is 0 Å². The number of aryl methyl sites for hydroxylation is 1. The third-order valence-corrected chi connectivity index (χ3v) is 7.70. The van der Waals surface area contributed by atoms with Crippen LogP contribution in [0.15, 0.2) is 65.8 Å². The first-order valence-electron chi connectivity index (χ1n) is 10.9. The van der Waals surface area contributed by atoms with Gasteiger partial charge in [-0.25, -0.2) is 13.4 Å². The summed E-state index contributed by atoms with van der Waals surface area (Å²) < 4.78 is 23.7. The highest BCUT2D eigenvalue weighted by Gasteiger charge is 2.37. The van der Waals surface area contributed by atoms with Crippen molar-refractivity contribution in [3.63, 3.8) is 0 Å². The molecule has 2 aliphatic rings. The Balaban J connectivity index is 1.49. The minimum Gasteiger partial charge on any atom is -0.344 e. The van der Waals surface area contributed by atoms with Crippen molar-refractivity contribution < 1.29 is 18.0 Å². The van der Waals surface area contributed by atoms with Crippen LogP contribution in [0.3, 0.4) is 0 Å². The number of carbonyl (C=O) groups excluding carboxylic acids is 2. The second kappa shape index (κ2) is 9.65. The molecule has 2 amide bonds. The van der Waals surface area contributed by atoms with Gasteiger partial charge in [0.1, 0.15) is 5.71 Å². The number of nitrogens with zero attached hydrogens (tertiary/aromatic N) is 2. The molecule has 2 heterocycles. The van der Waals surface area contributed by atoms with E-state index in [1.165, 1.54) is 10.6 Å². The number of nitrogens with one attached hydrogen (secondary N) is 1. The summed E-state index contributed by atoms with van der Waals surface area (Å²) in [7, 11) is -3.16. The van der Waals surface area contributed by atoms with E-state index >= 15 is 0 Å². The van der Waals surface area contributed by atoms with Crippen molar-refractivity contribution in [1.29, 1.82) is 0 Å². The molecule has 0 aliphatic carbocycles. The van der Waals surface area contributed by atoms with Gasteiger partial charge in [0.05, 0.1) is 23.6 Å². The molecule has 2 atom stereocenters. The highest BCUT2D eigenvalue weighted by molar-refractivity contribution is 7.91. The largest absolute Gasteiger partial charge is 0.344 e. The zero-order valence-corrected chi connectivity index (χ0v) is 18.6. The number of rotatable bonds is 7. The summed E-state index contributed by atoms with van der Waals surface area (Å²) in [5.74, 6) is -0.591. The zero-order valence-electron chi connectivity index (χ0n) is 17.8. The molecule has 0 aromatic heterocycles. The molecule has 168 valence electrons. The standard InChI is InChI=1S/C24H27N3O4S/c28-23-14-13-22(26-27(23)20-15-16-32(30,31)17-20)24(29)25-21(19-9-5-2-6-10-19)12-11-18-7-3-1-4-8-18/h1-10,20-21H,11-17H2,(H,25,29)/t20-,21-/m1/s1. The molecular weight excluding hydrogens is 426 g/mol. The number of hydrogen-bond donors (Lipinski definition) is 1. The average molecular weight is 454 g/mol. The summed E-state index contributed by atoms with van der Waals surface area (Å²) in [4.78, 5) is 25.4. The molecule has 1 N–H and O–H groups in total. The Morgan fingerprint density at radius 2 is 1.75 bits per heavy atom. The van der Waals surface area contributed by atoms with Gasteiger partial charge >= 0.3 is 0 Å². The number of amides is 2. The lowest BCUT2D eigenvalue weighted by Gasteiger charge is -2.28. The van der Waals surface area contributed by atoms with Crippen molar-refractivity contribution in [2.75, 3.05) is 11.5 Å². The topological polar surface area (TPSA) is 95.9 Å². The Hall–Kier alpha value is -3.00. The molecule has 7 nitrogen and oxygen atoms in total. The third kappa shape index (κ3) is 5.43. The molecule has 1 fully saturated rings. The van der Waals surface area contributed by atoms with E-state index in [2.05, 4.69) is 22.6 Å². The maximum Gasteiger partial charge on any atom is 0.267 e. The molecule has 0 bridgehead atoms. The smallest absolute Gasteiger partial charge is 0.267 e. The van der Waals surface area contributed by atoms with Gasteiger partial charge < -0.3 is 5.32 Å². The predicted octanol–water partition coefficient (Wildman–Crippen LogP) is 2.64. The van der Waals surface area contributed by atoms with Gasteiger partial charge in [0.2, 0.25) is 5.91 Å². The fourth-order valence-electron chi connectivity index (χ4n) is 4.19. The van der Waals surface area contributed by atoms with E-state index in [4.69, 9.17) is 0 Å². The van der Waals surface area contributed by atoms with Crippen LogP contribution in [0, 0.1) is 0 Å². The van der Waals surface area contributed by atoms with E-state index in [1.807, 2.05) is 48.5 Å². The number of hydrazone groups is 1. The second-order valence-electron chi connectivity index (χ2n) is 8.30. The van der Waals surface area contributed by atoms with Crippen molar-refractivity contribution in [2.45, 2.75) is 44.2 Å². The summed E-state index contributed by atoms with van der Waals surface area (Å²) in [5, 5.41) is 8.62. The molecule has 0 radical (unpaired) electrons. The average Bonchev–Trinajstić information content (AvgIpc) is 3.17. The van der Waals surface area contributed by atoms with E-state index in [0.29, 0.717) is 6.42 Å². The monoisotopic (exact) mass is 453 g/mol. The third-order valence-electron chi connectivity index (χ3n) is 5.95. The lowest BCUT2D eigenvalue weighted by atomic mass is 9.98. The minimum atomic E-state index is -3.16. The summed E-state index contributed by atoms with van der Waals surface area (Å²) in [5.41, 5.74) is 2.47. The van der Waals surface area contributed by atoms with Crippen LogP contribution < -0.4 is 5.32 Å². The predicted molar refractivity (Wildman–Crippen MR) is 123 cm³/mol. The number of sulfone groups is 1. The maximum atomic E-state index is 13.1. The number of benzene rings is 2. The summed E-state index contributed by atoms with van der Waals surface area (Å²) in [6.45, 7) is 0. The number of hydrogen-bond acceptors (Lipinski definition) is 5. The lowest BCUT2D eigenvalue weighted by Crippen LogP contribution is -2.44. The van der Waals surface area contributed by atoms with E-state index in [0.717, 1.165) is 18.4 Å². The van der Waals surface area contributed by atoms with Gasteiger partial charge in [0.15, 0.2) is 9.84 Å². The van der Waals surface area contributed by atoms with Crippen LogP contribution in [0.25, 0.3) is 0 Å². The van der Waals surface area contributed by atoms with Crippen LogP contribution in [0.1, 0.15) is 42.9 Å². The highest BCUT2D eigenvalue weighted by Crippen LogP contribution is 2.23. The van der Waals surface area contributed by atoms with Gasteiger partial charge in [-0.1, -0.05) is 60.7 Å². The normalized spacial score (nSPS) is 21.1. The van der Waals surface area contributed by atoms with Crippen LogP contribution in [-0.2, 0) is 25.8 Å². The summed E-state index contributed by atoms with van der Waals surface area (Å²) in [6.07, 6.45) is 2.29. The van der Waals surface area contributed by atoms with Crippen LogP contribution in [0.2, 0.25) is 0 Å². The Kier molecular flexibility index (Phi) is 6.69. The summed E-state index contributed by atoms with van der Waals surface area (Å²) in [6, 6.07) is 19.2. The molecule has 2 aromatic carbocycles. The maximum absolute atomic E-state index is 13.1. The van der Waals surface area contributed by atoms with Crippen molar-refractivity contribution in [3.05, 3.63) is 71.8 Å². The molecule has 2 aliphatic heterocycles. The zero-order chi connectivity index (χ0) is 22.6. The molecule has 1 saturated heterocycles. The summed E-state index contributed by atoms with van der Waals surface area (Å²) >= 11 is 0. The fraction of sp³-hybridized carbons (Fsp3) is 0.375. The van der Waals surface area contributed by atoms with Crippen molar-refractivity contribution in [3.8, 4) is 0 Å². The Morgan fingerprint density at radius 3 is 2.41 bits per heavy atom. The van der Waals surface area contributed by atoms with Gasteiger partial charge in [-0.05, 0) is 30.4 Å². The van der Waals surface area contributed by atoms with Gasteiger partial charge in [-0.2, -0.15) is 5.10 Å². The van der Waals surface area contributed by atoms with Gasteiger partial charge in [0.25, 0.3) is 5.91 Å². The first-order valence-corrected chi connectivity index (χ1v) is 12.7. The quantitative estimate of drug-likeness (QED) is 0.697. The van der Waals surface area contributed by atoms with E-state index in [-0.39, 0.29) is 47.9 Å². The molecule has 0 unspecified atom stereocenters. The SMILES string of the molecule is O=C(N[C@H](CCc1ccccc1)c1ccccc1)C1=NN([C@@H]2CCS(=O)(=O)C2)C(=O)CC1.